The van der Waals surface area contributed by atoms with Crippen LogP contribution in [0.5, 0.6) is 0 Å². The second-order valence-electron chi connectivity index (χ2n) is 6.74. The molecule has 136 valence electrons. The molecule has 0 spiro atoms. The molecule has 0 atom stereocenters. The number of rotatable bonds is 7. The van der Waals surface area contributed by atoms with Crippen LogP contribution in [0.4, 0.5) is 10.5 Å². The quantitative estimate of drug-likeness (QED) is 0.540. The number of aromatic nitrogens is 1. The molecule has 0 bridgehead atoms. The lowest BCUT2D eigenvalue weighted by molar-refractivity contribution is 0.252. The molecule has 1 heterocycles. The number of urea groups is 1. The smallest absolute Gasteiger partial charge is 0.319 e. The van der Waals surface area contributed by atoms with Crippen molar-refractivity contribution in [2.45, 2.75) is 39.5 Å². The van der Waals surface area contributed by atoms with Gasteiger partial charge < -0.3 is 15.6 Å². The van der Waals surface area contributed by atoms with E-state index >= 15 is 0 Å². The number of fused-ring (bicyclic) bond motifs is 1. The van der Waals surface area contributed by atoms with Gasteiger partial charge in [-0.2, -0.15) is 0 Å². The molecular formula is C22H27N3O. The molecule has 3 aromatic rings. The molecular weight excluding hydrogens is 322 g/mol. The Balaban J connectivity index is 1.51. The number of amides is 2. The predicted octanol–water partition coefficient (Wildman–Crippen LogP) is 5.18. The Bertz CT molecular complexity index is 882. The van der Waals surface area contributed by atoms with E-state index in [4.69, 9.17) is 0 Å². The van der Waals surface area contributed by atoms with Gasteiger partial charge in [-0.25, -0.2) is 4.79 Å². The van der Waals surface area contributed by atoms with Crippen LogP contribution in [0.1, 0.15) is 36.5 Å². The van der Waals surface area contributed by atoms with Crippen LogP contribution in [0.15, 0.2) is 48.7 Å². The van der Waals surface area contributed by atoms with Crippen LogP contribution < -0.4 is 10.6 Å². The number of hydrogen-bond acceptors (Lipinski definition) is 1. The molecule has 0 aliphatic carbocycles. The zero-order valence-electron chi connectivity index (χ0n) is 15.6. The minimum Gasteiger partial charge on any atom is -0.361 e. The Morgan fingerprint density at radius 2 is 1.96 bits per heavy atom. The summed E-state index contributed by atoms with van der Waals surface area (Å²) in [4.78, 5) is 15.4. The van der Waals surface area contributed by atoms with Gasteiger partial charge in [0, 0.05) is 29.3 Å². The summed E-state index contributed by atoms with van der Waals surface area (Å²) in [6.07, 6.45) is 6.29. The maximum absolute atomic E-state index is 12.2. The summed E-state index contributed by atoms with van der Waals surface area (Å²) >= 11 is 0. The molecule has 1 aromatic heterocycles. The zero-order valence-corrected chi connectivity index (χ0v) is 15.6. The molecule has 26 heavy (non-hydrogen) atoms. The Morgan fingerprint density at radius 1 is 1.12 bits per heavy atom. The Morgan fingerprint density at radius 3 is 2.77 bits per heavy atom. The normalized spacial score (nSPS) is 10.8. The fourth-order valence-electron chi connectivity index (χ4n) is 3.22. The summed E-state index contributed by atoms with van der Waals surface area (Å²) in [5.74, 6) is 0. The average Bonchev–Trinajstić information content (AvgIpc) is 3.05. The highest BCUT2D eigenvalue weighted by Gasteiger charge is 2.07. The van der Waals surface area contributed by atoms with Crippen LogP contribution in [0.25, 0.3) is 10.9 Å². The van der Waals surface area contributed by atoms with Crippen LogP contribution >= 0.6 is 0 Å². The van der Waals surface area contributed by atoms with Crippen molar-refractivity contribution in [1.29, 1.82) is 0 Å². The summed E-state index contributed by atoms with van der Waals surface area (Å²) in [5.41, 5.74) is 5.65. The van der Waals surface area contributed by atoms with Gasteiger partial charge in [-0.05, 0) is 55.0 Å². The Hall–Kier alpha value is -2.75. The third-order valence-corrected chi connectivity index (χ3v) is 4.71. The first-order valence-corrected chi connectivity index (χ1v) is 9.36. The lowest BCUT2D eigenvalue weighted by Gasteiger charge is -2.11. The van der Waals surface area contributed by atoms with E-state index in [1.807, 2.05) is 31.3 Å². The minimum absolute atomic E-state index is 0.158. The maximum Gasteiger partial charge on any atom is 0.319 e. The molecule has 0 saturated carbocycles. The van der Waals surface area contributed by atoms with Gasteiger partial charge in [-0.3, -0.25) is 0 Å². The van der Waals surface area contributed by atoms with Gasteiger partial charge in [-0.1, -0.05) is 43.7 Å². The Labute approximate surface area is 155 Å². The van der Waals surface area contributed by atoms with Gasteiger partial charge in [0.1, 0.15) is 0 Å². The maximum atomic E-state index is 12.2. The molecule has 0 saturated heterocycles. The molecule has 0 fully saturated rings. The lowest BCUT2D eigenvalue weighted by Crippen LogP contribution is -2.30. The van der Waals surface area contributed by atoms with Crippen LogP contribution in [0, 0.1) is 6.92 Å². The van der Waals surface area contributed by atoms with Gasteiger partial charge >= 0.3 is 6.03 Å². The predicted molar refractivity (Wildman–Crippen MR) is 109 cm³/mol. The number of H-pyrrole nitrogens is 1. The Kier molecular flexibility index (Phi) is 5.95. The van der Waals surface area contributed by atoms with E-state index in [9.17, 15) is 4.79 Å². The molecule has 0 radical (unpaired) electrons. The van der Waals surface area contributed by atoms with E-state index in [0.717, 1.165) is 29.6 Å². The number of carbonyl (C=O) groups excluding carboxylic acids is 1. The van der Waals surface area contributed by atoms with E-state index in [1.165, 1.54) is 29.4 Å². The van der Waals surface area contributed by atoms with Crippen LogP contribution in [-0.2, 0) is 12.8 Å². The topological polar surface area (TPSA) is 56.9 Å². The largest absolute Gasteiger partial charge is 0.361 e. The van der Waals surface area contributed by atoms with Crippen molar-refractivity contribution in [3.63, 3.8) is 0 Å². The van der Waals surface area contributed by atoms with Crippen LogP contribution in [0.2, 0.25) is 0 Å². The molecule has 3 rings (SSSR count). The highest BCUT2D eigenvalue weighted by molar-refractivity contribution is 5.90. The first kappa shape index (κ1) is 18.1. The van der Waals surface area contributed by atoms with Crippen molar-refractivity contribution >= 4 is 22.6 Å². The first-order valence-electron chi connectivity index (χ1n) is 9.36. The monoisotopic (exact) mass is 349 g/mol. The summed E-state index contributed by atoms with van der Waals surface area (Å²) in [5, 5.41) is 7.12. The molecule has 2 amide bonds. The highest BCUT2D eigenvalue weighted by atomic mass is 16.2. The average molecular weight is 349 g/mol. The van der Waals surface area contributed by atoms with Gasteiger partial charge in [0.25, 0.3) is 0 Å². The number of anilines is 1. The second kappa shape index (κ2) is 8.56. The molecule has 4 heteroatoms. The number of para-hydroxylation sites is 1. The summed E-state index contributed by atoms with van der Waals surface area (Å²) in [6, 6.07) is 14.3. The number of carbonyl (C=O) groups is 1. The lowest BCUT2D eigenvalue weighted by atomic mass is 10.0. The van der Waals surface area contributed by atoms with Gasteiger partial charge in [-0.15, -0.1) is 0 Å². The van der Waals surface area contributed by atoms with Crippen LogP contribution in [0.3, 0.4) is 0 Å². The van der Waals surface area contributed by atoms with Crippen molar-refractivity contribution < 1.29 is 4.79 Å². The van der Waals surface area contributed by atoms with Crippen molar-refractivity contribution in [1.82, 2.24) is 10.3 Å². The van der Waals surface area contributed by atoms with Crippen LogP contribution in [-0.4, -0.2) is 17.6 Å². The zero-order chi connectivity index (χ0) is 18.4. The number of nitrogens with one attached hydrogen (secondary N) is 3. The molecule has 4 nitrogen and oxygen atoms in total. The fourth-order valence-corrected chi connectivity index (χ4v) is 3.22. The SMILES string of the molecule is CCCCc1ccc(NC(=O)NCCc2c[nH]c3ccccc23)c(C)c1. The summed E-state index contributed by atoms with van der Waals surface area (Å²) in [7, 11) is 0. The molecule has 2 aromatic carbocycles. The van der Waals surface area contributed by atoms with E-state index in [2.05, 4.69) is 46.8 Å². The van der Waals surface area contributed by atoms with Gasteiger partial charge in [0.2, 0.25) is 0 Å². The number of unbranched alkanes of at least 4 members (excludes halogenated alkanes) is 1. The number of benzene rings is 2. The minimum atomic E-state index is -0.158. The molecule has 0 unspecified atom stereocenters. The van der Waals surface area contributed by atoms with Crippen molar-refractivity contribution in [2.24, 2.45) is 0 Å². The number of aryl methyl sites for hydroxylation is 2. The summed E-state index contributed by atoms with van der Waals surface area (Å²) < 4.78 is 0. The van der Waals surface area contributed by atoms with Gasteiger partial charge in [0.15, 0.2) is 0 Å². The third kappa shape index (κ3) is 4.45. The second-order valence-corrected chi connectivity index (χ2v) is 6.74. The van der Waals surface area contributed by atoms with Crippen molar-refractivity contribution in [3.05, 3.63) is 65.4 Å². The van der Waals surface area contributed by atoms with Gasteiger partial charge in [0.05, 0.1) is 0 Å². The molecule has 3 N–H and O–H groups in total. The standard InChI is InChI=1S/C22H27N3O/c1-3-4-7-17-10-11-20(16(2)14-17)25-22(26)23-13-12-18-15-24-21-9-6-5-8-19(18)21/h5-6,8-11,14-15,24H,3-4,7,12-13H2,1-2H3,(H2,23,25,26). The van der Waals surface area contributed by atoms with E-state index in [0.29, 0.717) is 6.54 Å². The first-order chi connectivity index (χ1) is 12.7. The molecule has 0 aliphatic heterocycles. The highest BCUT2D eigenvalue weighted by Crippen LogP contribution is 2.19. The van der Waals surface area contributed by atoms with E-state index in [-0.39, 0.29) is 6.03 Å². The summed E-state index contributed by atoms with van der Waals surface area (Å²) in [6.45, 7) is 4.84. The van der Waals surface area contributed by atoms with E-state index in [1.54, 1.807) is 0 Å². The van der Waals surface area contributed by atoms with E-state index < -0.39 is 0 Å². The number of aromatic amines is 1. The van der Waals surface area contributed by atoms with Crippen molar-refractivity contribution in [2.75, 3.05) is 11.9 Å². The van der Waals surface area contributed by atoms with Crippen molar-refractivity contribution in [3.8, 4) is 0 Å². The third-order valence-electron chi connectivity index (χ3n) is 4.71. The fraction of sp³-hybridized carbons (Fsp3) is 0.318. The molecule has 0 aliphatic rings. The number of hydrogen-bond donors (Lipinski definition) is 3.